The quantitative estimate of drug-likeness (QED) is 0.244. The van der Waals surface area contributed by atoms with Crippen molar-refractivity contribution in [1.29, 1.82) is 0 Å². The summed E-state index contributed by atoms with van der Waals surface area (Å²) in [5.41, 5.74) is -0.450. The van der Waals surface area contributed by atoms with Gasteiger partial charge in [-0.2, -0.15) is 27.8 Å². The fourth-order valence-electron chi connectivity index (χ4n) is 5.75. The number of benzene rings is 1. The van der Waals surface area contributed by atoms with Gasteiger partial charge >= 0.3 is 6.18 Å². The molecule has 19 heteroatoms. The normalized spacial score (nSPS) is 13.6. The zero-order valence-electron chi connectivity index (χ0n) is 26.9. The molecule has 0 bridgehead atoms. The molecule has 0 unspecified atom stereocenters. The van der Waals surface area contributed by atoms with Gasteiger partial charge in [-0.15, -0.1) is 5.10 Å². The van der Waals surface area contributed by atoms with Crippen LogP contribution in [0.4, 0.5) is 24.5 Å². The van der Waals surface area contributed by atoms with Crippen LogP contribution in [-0.2, 0) is 31.0 Å². The Hall–Kier alpha value is -5.65. The average molecular weight is 715 g/mol. The van der Waals surface area contributed by atoms with Crippen LogP contribution in [0.1, 0.15) is 28.7 Å². The Labute approximate surface area is 286 Å². The molecule has 1 saturated heterocycles. The van der Waals surface area contributed by atoms with E-state index in [1.165, 1.54) is 33.7 Å². The van der Waals surface area contributed by atoms with E-state index in [9.17, 15) is 32.7 Å². The topological polar surface area (TPSA) is 165 Å². The van der Waals surface area contributed by atoms with Gasteiger partial charge in [-0.1, -0.05) is 18.5 Å². The zero-order chi connectivity index (χ0) is 35.9. The molecule has 0 spiro atoms. The summed E-state index contributed by atoms with van der Waals surface area (Å²) in [5, 5.41) is 20.9. The Morgan fingerprint density at radius 1 is 1.10 bits per heavy atom. The van der Waals surface area contributed by atoms with Crippen molar-refractivity contribution in [2.45, 2.75) is 26.1 Å². The lowest BCUT2D eigenvalue weighted by atomic mass is 10.2. The number of piperazine rings is 1. The molecule has 1 aliphatic heterocycles. The number of alkyl halides is 3. The molecule has 2 N–H and O–H groups in total. The first-order valence-electron chi connectivity index (χ1n) is 15.2. The van der Waals surface area contributed by atoms with Gasteiger partial charge in [-0.3, -0.25) is 19.1 Å². The number of aromatic nitrogens is 7. The molecule has 0 aliphatic carbocycles. The number of rotatable bonds is 8. The van der Waals surface area contributed by atoms with E-state index in [4.69, 9.17) is 16.3 Å². The lowest BCUT2D eigenvalue weighted by Gasteiger charge is -2.36. The van der Waals surface area contributed by atoms with Crippen molar-refractivity contribution < 1.29 is 32.6 Å². The summed E-state index contributed by atoms with van der Waals surface area (Å²) in [7, 11) is 3.03. The summed E-state index contributed by atoms with van der Waals surface area (Å²) in [6, 6.07) is 5.80. The minimum atomic E-state index is -4.62. The Kier molecular flexibility index (Phi) is 9.13. The number of hydrogen-bond acceptors (Lipinski definition) is 10. The summed E-state index contributed by atoms with van der Waals surface area (Å²) in [4.78, 5) is 52.8. The molecule has 5 aromatic rings. The third-order valence-corrected chi connectivity index (χ3v) is 8.44. The number of nitrogens with one attached hydrogen (secondary N) is 1. The fourth-order valence-corrected chi connectivity index (χ4v) is 5.98. The van der Waals surface area contributed by atoms with Gasteiger partial charge < -0.3 is 29.5 Å². The second-order valence-electron chi connectivity index (χ2n) is 11.3. The van der Waals surface area contributed by atoms with Gasteiger partial charge in [0.2, 0.25) is 17.6 Å². The SMILES string of the molecule is CCc1c(N2CCN(C(=O)c3nn(C)cc3O)CC2)c(=O)n2nc(-c3ccnc(OC)c3)nc2n1CC(=O)Nc1ccc(C(F)(F)F)cc1Cl. The summed E-state index contributed by atoms with van der Waals surface area (Å²) in [5.74, 6) is -0.892. The van der Waals surface area contributed by atoms with E-state index < -0.39 is 35.7 Å². The number of halogens is 4. The maximum atomic E-state index is 14.2. The molecule has 262 valence electrons. The lowest BCUT2D eigenvalue weighted by Crippen LogP contribution is -2.51. The number of aromatic hydroxyl groups is 1. The Morgan fingerprint density at radius 3 is 2.46 bits per heavy atom. The molecule has 4 aromatic heterocycles. The number of pyridine rings is 1. The average Bonchev–Trinajstić information content (AvgIpc) is 3.69. The standard InChI is InChI=1S/C31H30ClF3N10O5/c1-4-21-26(42-9-11-43(12-10-42)28(48)25-22(46)15-41(2)39-25)29(49)45-30(38-27(40-45)17-7-8-36-24(13-17)50-3)44(21)16-23(47)37-20-6-5-18(14-19(20)32)31(33,34)35/h5-8,13-15,46H,4,9-12,16H2,1-3H3,(H,37,47). The predicted octanol–water partition coefficient (Wildman–Crippen LogP) is 3.24. The summed E-state index contributed by atoms with van der Waals surface area (Å²) in [6.07, 6.45) is -1.54. The monoisotopic (exact) mass is 714 g/mol. The van der Waals surface area contributed by atoms with E-state index in [0.29, 0.717) is 11.3 Å². The fraction of sp³-hybridized carbons (Fsp3) is 0.323. The van der Waals surface area contributed by atoms with Crippen LogP contribution in [0.5, 0.6) is 11.6 Å². The van der Waals surface area contributed by atoms with Crippen molar-refractivity contribution in [3.8, 4) is 23.0 Å². The van der Waals surface area contributed by atoms with E-state index in [1.54, 1.807) is 31.0 Å². The third kappa shape index (κ3) is 6.52. The van der Waals surface area contributed by atoms with Gasteiger partial charge in [0.15, 0.2) is 17.3 Å². The van der Waals surface area contributed by atoms with Crippen molar-refractivity contribution in [1.82, 2.24) is 38.8 Å². The number of hydrogen-bond donors (Lipinski definition) is 2. The van der Waals surface area contributed by atoms with Crippen LogP contribution >= 0.6 is 11.6 Å². The van der Waals surface area contributed by atoms with Crippen LogP contribution in [0.2, 0.25) is 5.02 Å². The molecule has 6 rings (SSSR count). The highest BCUT2D eigenvalue weighted by molar-refractivity contribution is 6.33. The van der Waals surface area contributed by atoms with Gasteiger partial charge in [-0.05, 0) is 30.7 Å². The van der Waals surface area contributed by atoms with Crippen molar-refractivity contribution in [2.24, 2.45) is 7.05 Å². The highest BCUT2D eigenvalue weighted by Crippen LogP contribution is 2.34. The Bertz CT molecular complexity index is 2170. The molecule has 15 nitrogen and oxygen atoms in total. The van der Waals surface area contributed by atoms with E-state index in [1.807, 2.05) is 0 Å². The van der Waals surface area contributed by atoms with E-state index in [0.717, 1.165) is 22.7 Å². The summed E-state index contributed by atoms with van der Waals surface area (Å²) >= 11 is 6.10. The van der Waals surface area contributed by atoms with Gasteiger partial charge in [0.05, 0.1) is 35.3 Å². The maximum Gasteiger partial charge on any atom is 0.416 e. The second kappa shape index (κ2) is 13.3. The summed E-state index contributed by atoms with van der Waals surface area (Å²) < 4.78 is 48.7. The number of amides is 2. The number of carbonyl (C=O) groups is 2. The highest BCUT2D eigenvalue weighted by Gasteiger charge is 2.32. The van der Waals surface area contributed by atoms with Crippen molar-refractivity contribution in [2.75, 3.05) is 43.5 Å². The first-order chi connectivity index (χ1) is 23.8. The van der Waals surface area contributed by atoms with E-state index in [2.05, 4.69) is 25.5 Å². The smallest absolute Gasteiger partial charge is 0.416 e. The Balaban J connectivity index is 1.38. The highest BCUT2D eigenvalue weighted by atomic mass is 35.5. The van der Waals surface area contributed by atoms with Crippen molar-refractivity contribution >= 4 is 40.6 Å². The third-order valence-electron chi connectivity index (χ3n) is 8.13. The molecule has 1 aliphatic rings. The van der Waals surface area contributed by atoms with Crippen LogP contribution in [-0.4, -0.2) is 89.0 Å². The largest absolute Gasteiger partial charge is 0.504 e. The molecule has 2 amide bonds. The molecule has 5 heterocycles. The Morgan fingerprint density at radius 2 is 1.84 bits per heavy atom. The van der Waals surface area contributed by atoms with E-state index in [-0.39, 0.29) is 77.9 Å². The van der Waals surface area contributed by atoms with Crippen molar-refractivity contribution in [3.05, 3.63) is 75.1 Å². The lowest BCUT2D eigenvalue weighted by molar-refractivity contribution is -0.137. The number of aryl methyl sites for hydroxylation is 1. The van der Waals surface area contributed by atoms with Gasteiger partial charge in [-0.25, -0.2) is 4.98 Å². The number of anilines is 2. The zero-order valence-corrected chi connectivity index (χ0v) is 27.7. The molecule has 50 heavy (non-hydrogen) atoms. The van der Waals surface area contributed by atoms with Crippen LogP contribution in [0, 0.1) is 0 Å². The van der Waals surface area contributed by atoms with Crippen molar-refractivity contribution in [3.63, 3.8) is 0 Å². The number of nitrogens with zero attached hydrogens (tertiary/aromatic N) is 9. The minimum absolute atomic E-state index is 0.0363. The molecule has 0 saturated carbocycles. The number of carbonyl (C=O) groups excluding carboxylic acids is 2. The molecule has 0 radical (unpaired) electrons. The van der Waals surface area contributed by atoms with Crippen LogP contribution in [0.25, 0.3) is 17.2 Å². The van der Waals surface area contributed by atoms with Crippen LogP contribution < -0.4 is 20.5 Å². The number of methoxy groups -OCH3 is 1. The first-order valence-corrected chi connectivity index (χ1v) is 15.6. The minimum Gasteiger partial charge on any atom is -0.504 e. The molecule has 1 aromatic carbocycles. The van der Waals surface area contributed by atoms with Gasteiger partial charge in [0, 0.05) is 51.1 Å². The van der Waals surface area contributed by atoms with Gasteiger partial charge in [0.25, 0.3) is 11.5 Å². The maximum absolute atomic E-state index is 14.2. The number of ether oxygens (including phenoxy) is 1. The molecular weight excluding hydrogens is 685 g/mol. The first kappa shape index (κ1) is 34.2. The molecular formula is C31H30ClF3N10O5. The summed E-state index contributed by atoms with van der Waals surface area (Å²) in [6.45, 7) is 2.23. The number of fused-ring (bicyclic) bond motifs is 1. The van der Waals surface area contributed by atoms with E-state index >= 15 is 0 Å². The molecule has 0 atom stereocenters. The predicted molar refractivity (Wildman–Crippen MR) is 174 cm³/mol. The van der Waals surface area contributed by atoms with Crippen LogP contribution in [0.3, 0.4) is 0 Å². The van der Waals surface area contributed by atoms with Gasteiger partial charge in [0.1, 0.15) is 12.2 Å². The van der Waals surface area contributed by atoms with Crippen LogP contribution in [0.15, 0.2) is 47.5 Å². The second-order valence-corrected chi connectivity index (χ2v) is 11.7. The molecule has 1 fully saturated rings.